The van der Waals surface area contributed by atoms with Crippen LogP contribution in [-0.2, 0) is 10.0 Å². The molecule has 8 heteroatoms. The van der Waals surface area contributed by atoms with Gasteiger partial charge in [0.1, 0.15) is 4.90 Å². The summed E-state index contributed by atoms with van der Waals surface area (Å²) in [4.78, 5) is 14.2. The van der Waals surface area contributed by atoms with E-state index >= 15 is 0 Å². The standard InChI is InChI=1S/C17H18N2O5S/c1-3-23-14-6-4-5-7-15(14)24-17(20)12-8-9-13-16(10-12)25(21,22)18-11-19(13)2/h4-10,18H,3,11H2,1-2H3. The van der Waals surface area contributed by atoms with Crippen LogP contribution in [0.5, 0.6) is 11.5 Å². The second kappa shape index (κ2) is 6.73. The number of sulfonamides is 1. The molecule has 1 aliphatic rings. The fourth-order valence-electron chi connectivity index (χ4n) is 2.48. The lowest BCUT2D eigenvalue weighted by molar-refractivity contribution is 0.0728. The average Bonchev–Trinajstić information content (AvgIpc) is 2.60. The van der Waals surface area contributed by atoms with Crippen molar-refractivity contribution in [3.8, 4) is 11.5 Å². The smallest absolute Gasteiger partial charge is 0.343 e. The molecule has 2 aromatic rings. The number of ether oxygens (including phenoxy) is 2. The van der Waals surface area contributed by atoms with E-state index in [1.807, 2.05) is 6.92 Å². The van der Waals surface area contributed by atoms with E-state index in [1.165, 1.54) is 6.07 Å². The molecule has 1 aliphatic heterocycles. The Morgan fingerprint density at radius 1 is 1.20 bits per heavy atom. The van der Waals surface area contributed by atoms with E-state index in [0.29, 0.717) is 18.0 Å². The van der Waals surface area contributed by atoms with Crippen LogP contribution in [-0.4, -0.2) is 34.7 Å². The zero-order valence-electron chi connectivity index (χ0n) is 13.9. The molecule has 0 radical (unpaired) electrons. The molecule has 0 saturated carbocycles. The highest BCUT2D eigenvalue weighted by atomic mass is 32.2. The van der Waals surface area contributed by atoms with Crippen molar-refractivity contribution in [2.45, 2.75) is 11.8 Å². The minimum atomic E-state index is -3.64. The zero-order chi connectivity index (χ0) is 18.0. The van der Waals surface area contributed by atoms with Crippen molar-refractivity contribution < 1.29 is 22.7 Å². The second-order valence-corrected chi connectivity index (χ2v) is 7.19. The Balaban J connectivity index is 1.92. The number of rotatable bonds is 4. The van der Waals surface area contributed by atoms with Crippen LogP contribution in [0.4, 0.5) is 5.69 Å². The summed E-state index contributed by atoms with van der Waals surface area (Å²) in [6, 6.07) is 11.3. The number of carbonyl (C=O) groups is 1. The molecule has 1 heterocycles. The largest absolute Gasteiger partial charge is 0.490 e. The molecule has 7 nitrogen and oxygen atoms in total. The third kappa shape index (κ3) is 3.45. The lowest BCUT2D eigenvalue weighted by Crippen LogP contribution is -2.41. The van der Waals surface area contributed by atoms with Crippen molar-refractivity contribution in [2.24, 2.45) is 0 Å². The first kappa shape index (κ1) is 17.2. The Labute approximate surface area is 146 Å². The summed E-state index contributed by atoms with van der Waals surface area (Å²) in [5.74, 6) is 0.0777. The number of anilines is 1. The van der Waals surface area contributed by atoms with Crippen molar-refractivity contribution in [1.29, 1.82) is 0 Å². The van der Waals surface area contributed by atoms with Gasteiger partial charge >= 0.3 is 5.97 Å². The van der Waals surface area contributed by atoms with Crippen LogP contribution in [0.1, 0.15) is 17.3 Å². The van der Waals surface area contributed by atoms with Gasteiger partial charge in [-0.1, -0.05) is 12.1 Å². The summed E-state index contributed by atoms with van der Waals surface area (Å²) in [7, 11) is -1.88. The number of hydrogen-bond donors (Lipinski definition) is 1. The molecule has 0 aromatic heterocycles. The summed E-state index contributed by atoms with van der Waals surface area (Å²) in [5, 5.41) is 0. The van der Waals surface area contributed by atoms with Gasteiger partial charge in [0.25, 0.3) is 0 Å². The molecule has 0 saturated heterocycles. The van der Waals surface area contributed by atoms with E-state index in [1.54, 1.807) is 48.3 Å². The Morgan fingerprint density at radius 3 is 2.64 bits per heavy atom. The van der Waals surface area contributed by atoms with Gasteiger partial charge in [-0.25, -0.2) is 13.2 Å². The molecular weight excluding hydrogens is 344 g/mol. The number of carbonyl (C=O) groups excluding carboxylic acids is 1. The van der Waals surface area contributed by atoms with Crippen molar-refractivity contribution in [3.05, 3.63) is 48.0 Å². The Kier molecular flexibility index (Phi) is 4.65. The summed E-state index contributed by atoms with van der Waals surface area (Å²) >= 11 is 0. The summed E-state index contributed by atoms with van der Waals surface area (Å²) in [5.41, 5.74) is 0.677. The van der Waals surface area contributed by atoms with Crippen LogP contribution in [0, 0.1) is 0 Å². The van der Waals surface area contributed by atoms with Gasteiger partial charge < -0.3 is 14.4 Å². The normalized spacial score (nSPS) is 15.4. The summed E-state index contributed by atoms with van der Waals surface area (Å²) in [6.07, 6.45) is 0. The van der Waals surface area contributed by atoms with Gasteiger partial charge in [0.05, 0.1) is 24.5 Å². The molecular formula is C17H18N2O5S. The zero-order valence-corrected chi connectivity index (χ0v) is 14.7. The Bertz CT molecular complexity index is 911. The fourth-order valence-corrected chi connectivity index (χ4v) is 3.78. The Hall–Kier alpha value is -2.58. The molecule has 25 heavy (non-hydrogen) atoms. The molecule has 0 spiro atoms. The number of nitrogens with zero attached hydrogens (tertiary/aromatic N) is 1. The van der Waals surface area contributed by atoms with Crippen molar-refractivity contribution in [3.63, 3.8) is 0 Å². The first-order chi connectivity index (χ1) is 11.9. The van der Waals surface area contributed by atoms with Crippen LogP contribution >= 0.6 is 0 Å². The van der Waals surface area contributed by atoms with E-state index in [0.717, 1.165) is 0 Å². The minimum Gasteiger partial charge on any atom is -0.490 e. The van der Waals surface area contributed by atoms with Gasteiger partial charge in [-0.15, -0.1) is 0 Å². The maximum absolute atomic E-state index is 12.4. The van der Waals surface area contributed by atoms with E-state index in [2.05, 4.69) is 4.72 Å². The molecule has 0 atom stereocenters. The quantitative estimate of drug-likeness (QED) is 0.661. The predicted molar refractivity (Wildman–Crippen MR) is 92.6 cm³/mol. The van der Waals surface area contributed by atoms with Gasteiger partial charge in [0.15, 0.2) is 11.5 Å². The van der Waals surface area contributed by atoms with Crippen molar-refractivity contribution in [2.75, 3.05) is 25.2 Å². The van der Waals surface area contributed by atoms with Gasteiger partial charge in [-0.2, -0.15) is 4.72 Å². The van der Waals surface area contributed by atoms with E-state index in [4.69, 9.17) is 9.47 Å². The first-order valence-corrected chi connectivity index (χ1v) is 9.19. The number of hydrogen-bond acceptors (Lipinski definition) is 6. The van der Waals surface area contributed by atoms with Crippen LogP contribution in [0.3, 0.4) is 0 Å². The maximum atomic E-state index is 12.4. The summed E-state index contributed by atoms with van der Waals surface area (Å²) < 4.78 is 37.6. The highest BCUT2D eigenvalue weighted by molar-refractivity contribution is 7.89. The average molecular weight is 362 g/mol. The van der Waals surface area contributed by atoms with E-state index in [9.17, 15) is 13.2 Å². The first-order valence-electron chi connectivity index (χ1n) is 7.71. The summed E-state index contributed by atoms with van der Waals surface area (Å²) in [6.45, 7) is 2.45. The molecule has 0 bridgehead atoms. The van der Waals surface area contributed by atoms with Crippen LogP contribution in [0.2, 0.25) is 0 Å². The SMILES string of the molecule is CCOc1ccccc1OC(=O)c1ccc2c(c1)S(=O)(=O)NCN2C. The van der Waals surface area contributed by atoms with Crippen LogP contribution < -0.4 is 19.1 Å². The highest BCUT2D eigenvalue weighted by Crippen LogP contribution is 2.30. The maximum Gasteiger partial charge on any atom is 0.343 e. The monoisotopic (exact) mass is 362 g/mol. The van der Waals surface area contributed by atoms with Crippen molar-refractivity contribution >= 4 is 21.7 Å². The van der Waals surface area contributed by atoms with E-state index in [-0.39, 0.29) is 22.9 Å². The lowest BCUT2D eigenvalue weighted by atomic mass is 10.2. The predicted octanol–water partition coefficient (Wildman–Crippen LogP) is 1.99. The van der Waals surface area contributed by atoms with Crippen LogP contribution in [0.25, 0.3) is 0 Å². The number of benzene rings is 2. The molecule has 0 unspecified atom stereocenters. The molecule has 3 rings (SSSR count). The third-order valence-electron chi connectivity index (χ3n) is 3.74. The fraction of sp³-hybridized carbons (Fsp3) is 0.235. The van der Waals surface area contributed by atoms with Gasteiger partial charge in [-0.05, 0) is 37.3 Å². The molecule has 0 aliphatic carbocycles. The Morgan fingerprint density at radius 2 is 1.92 bits per heavy atom. The molecule has 0 fully saturated rings. The third-order valence-corrected chi connectivity index (χ3v) is 5.15. The van der Waals surface area contributed by atoms with Gasteiger partial charge in [0.2, 0.25) is 10.0 Å². The number of esters is 1. The molecule has 132 valence electrons. The topological polar surface area (TPSA) is 84.9 Å². The minimum absolute atomic E-state index is 0.0498. The van der Waals surface area contributed by atoms with Gasteiger partial charge in [0, 0.05) is 7.05 Å². The number of fused-ring (bicyclic) bond motifs is 1. The van der Waals surface area contributed by atoms with Crippen molar-refractivity contribution in [1.82, 2.24) is 4.72 Å². The van der Waals surface area contributed by atoms with Crippen LogP contribution in [0.15, 0.2) is 47.4 Å². The number of para-hydroxylation sites is 2. The molecule has 2 aromatic carbocycles. The lowest BCUT2D eigenvalue weighted by Gasteiger charge is -2.28. The second-order valence-electron chi connectivity index (χ2n) is 5.46. The van der Waals surface area contributed by atoms with Gasteiger partial charge in [-0.3, -0.25) is 0 Å². The number of nitrogens with one attached hydrogen (secondary N) is 1. The van der Waals surface area contributed by atoms with E-state index < -0.39 is 16.0 Å². The molecule has 1 N–H and O–H groups in total. The highest BCUT2D eigenvalue weighted by Gasteiger charge is 2.27. The molecule has 0 amide bonds.